The minimum Gasteiger partial charge on any atom is -0.430 e. The zero-order chi connectivity index (χ0) is 16.5. The van der Waals surface area contributed by atoms with Crippen LogP contribution >= 0.6 is 0 Å². The average Bonchev–Trinajstić information content (AvgIpc) is 2.47. The highest BCUT2D eigenvalue weighted by molar-refractivity contribution is 5.80. The smallest absolute Gasteiger partial charge is 0.382 e. The lowest BCUT2D eigenvalue weighted by atomic mass is 9.82. The average molecular weight is 322 g/mol. The third-order valence-electron chi connectivity index (χ3n) is 2.99. The lowest BCUT2D eigenvalue weighted by Crippen LogP contribution is -2.54. The number of hydrogen-bond acceptors (Lipinski definition) is 2. The van der Waals surface area contributed by atoms with Crippen LogP contribution in [0, 0.1) is 5.92 Å². The molecular formula is C14H8F6O2. The van der Waals surface area contributed by atoms with Crippen molar-refractivity contribution in [3.63, 3.8) is 0 Å². The standard InChI is InChI=1S/C14H8F6O2/c15-9-10(13(17,18)11(9)16)14(19,20)12(21)22-7-6-8-4-2-1-3-5-8/h1-7,10H. The number of benzene rings is 1. The van der Waals surface area contributed by atoms with E-state index >= 15 is 0 Å². The molecular weight excluding hydrogens is 314 g/mol. The van der Waals surface area contributed by atoms with Gasteiger partial charge in [0.25, 0.3) is 0 Å². The molecule has 0 spiro atoms. The molecule has 8 heteroatoms. The van der Waals surface area contributed by atoms with Crippen molar-refractivity contribution in [1.82, 2.24) is 0 Å². The Morgan fingerprint density at radius 3 is 2.32 bits per heavy atom. The van der Waals surface area contributed by atoms with Crippen LogP contribution in [-0.4, -0.2) is 17.8 Å². The highest BCUT2D eigenvalue weighted by atomic mass is 19.3. The lowest BCUT2D eigenvalue weighted by molar-refractivity contribution is -0.205. The van der Waals surface area contributed by atoms with Crippen molar-refractivity contribution in [3.8, 4) is 0 Å². The van der Waals surface area contributed by atoms with Gasteiger partial charge in [-0.15, -0.1) is 0 Å². The van der Waals surface area contributed by atoms with Crippen LogP contribution in [0.15, 0.2) is 48.2 Å². The Bertz CT molecular complexity index is 636. The first-order valence-electron chi connectivity index (χ1n) is 5.93. The molecule has 1 aromatic rings. The number of rotatable bonds is 4. The monoisotopic (exact) mass is 322 g/mol. The molecule has 1 aromatic carbocycles. The van der Waals surface area contributed by atoms with Crippen molar-refractivity contribution >= 4 is 12.0 Å². The van der Waals surface area contributed by atoms with E-state index in [1.807, 2.05) is 0 Å². The molecule has 118 valence electrons. The maximum absolute atomic E-state index is 13.5. The fourth-order valence-electron chi connectivity index (χ4n) is 1.82. The fraction of sp³-hybridized carbons (Fsp3) is 0.214. The van der Waals surface area contributed by atoms with Crippen LogP contribution in [0.2, 0.25) is 0 Å². The Balaban J connectivity index is 2.08. The molecule has 2 nitrogen and oxygen atoms in total. The van der Waals surface area contributed by atoms with Crippen molar-refractivity contribution in [1.29, 1.82) is 0 Å². The second kappa shape index (κ2) is 5.51. The third-order valence-corrected chi connectivity index (χ3v) is 2.99. The summed E-state index contributed by atoms with van der Waals surface area (Å²) in [5.74, 6) is -20.5. The fourth-order valence-corrected chi connectivity index (χ4v) is 1.82. The molecule has 0 fully saturated rings. The van der Waals surface area contributed by atoms with Gasteiger partial charge in [0, 0.05) is 0 Å². The molecule has 1 atom stereocenters. The summed E-state index contributed by atoms with van der Waals surface area (Å²) < 4.78 is 82.1. The molecule has 0 bridgehead atoms. The quantitative estimate of drug-likeness (QED) is 0.470. The van der Waals surface area contributed by atoms with Gasteiger partial charge in [-0.25, -0.2) is 13.6 Å². The van der Waals surface area contributed by atoms with E-state index in [-0.39, 0.29) is 0 Å². The summed E-state index contributed by atoms with van der Waals surface area (Å²) in [6, 6.07) is 8.03. The van der Waals surface area contributed by atoms with E-state index in [2.05, 4.69) is 4.74 Å². The summed E-state index contributed by atoms with van der Waals surface area (Å²) in [7, 11) is 0. The van der Waals surface area contributed by atoms with E-state index in [1.165, 1.54) is 0 Å². The van der Waals surface area contributed by atoms with Gasteiger partial charge in [0.15, 0.2) is 11.7 Å². The summed E-state index contributed by atoms with van der Waals surface area (Å²) >= 11 is 0. The number of esters is 1. The number of ether oxygens (including phenoxy) is 1. The van der Waals surface area contributed by atoms with E-state index in [0.717, 1.165) is 6.08 Å². The number of carbonyl (C=O) groups is 1. The van der Waals surface area contributed by atoms with Crippen LogP contribution in [-0.2, 0) is 9.53 Å². The maximum atomic E-state index is 13.5. The van der Waals surface area contributed by atoms with Gasteiger partial charge in [-0.2, -0.15) is 17.6 Å². The minimum absolute atomic E-state index is 0.490. The first-order valence-corrected chi connectivity index (χ1v) is 5.93. The number of allylic oxidation sites excluding steroid dienone is 2. The highest BCUT2D eigenvalue weighted by Gasteiger charge is 2.72. The molecule has 0 saturated heterocycles. The number of halogens is 6. The summed E-state index contributed by atoms with van der Waals surface area (Å²) in [6.07, 6.45) is 1.68. The Morgan fingerprint density at radius 2 is 1.77 bits per heavy atom. The molecule has 0 saturated carbocycles. The molecule has 22 heavy (non-hydrogen) atoms. The van der Waals surface area contributed by atoms with Crippen molar-refractivity contribution in [2.75, 3.05) is 0 Å². The summed E-state index contributed by atoms with van der Waals surface area (Å²) in [6.45, 7) is 0. The molecule has 0 amide bonds. The van der Waals surface area contributed by atoms with E-state index in [0.29, 0.717) is 11.8 Å². The predicted octanol–water partition coefficient (Wildman–Crippen LogP) is 4.25. The summed E-state index contributed by atoms with van der Waals surface area (Å²) in [4.78, 5) is 11.2. The predicted molar refractivity (Wildman–Crippen MR) is 64.2 cm³/mol. The van der Waals surface area contributed by atoms with E-state index in [1.54, 1.807) is 30.3 Å². The summed E-state index contributed by atoms with van der Waals surface area (Å²) in [5, 5.41) is 0. The van der Waals surface area contributed by atoms with Crippen LogP contribution in [0.1, 0.15) is 5.56 Å². The molecule has 0 N–H and O–H groups in total. The van der Waals surface area contributed by atoms with Gasteiger partial charge in [0.2, 0.25) is 5.83 Å². The highest BCUT2D eigenvalue weighted by Crippen LogP contribution is 2.56. The number of hydrogen-bond donors (Lipinski definition) is 0. The van der Waals surface area contributed by atoms with Crippen LogP contribution in [0.3, 0.4) is 0 Å². The third kappa shape index (κ3) is 2.60. The van der Waals surface area contributed by atoms with Gasteiger partial charge < -0.3 is 4.74 Å². The minimum atomic E-state index is -4.90. The van der Waals surface area contributed by atoms with Crippen molar-refractivity contribution < 1.29 is 35.9 Å². The molecule has 1 aliphatic carbocycles. The first kappa shape index (κ1) is 16.1. The Kier molecular flexibility index (Phi) is 4.04. The van der Waals surface area contributed by atoms with Crippen LogP contribution in [0.5, 0.6) is 0 Å². The molecule has 1 unspecified atom stereocenters. The normalized spacial score (nSPS) is 20.9. The molecule has 0 radical (unpaired) electrons. The van der Waals surface area contributed by atoms with Crippen molar-refractivity contribution in [3.05, 3.63) is 53.8 Å². The molecule has 0 heterocycles. The Labute approximate surface area is 120 Å². The maximum Gasteiger partial charge on any atom is 0.382 e. The van der Waals surface area contributed by atoms with E-state index in [9.17, 15) is 31.1 Å². The number of carbonyl (C=O) groups excluding carboxylic acids is 1. The molecule has 1 aliphatic rings. The second-order valence-corrected chi connectivity index (χ2v) is 4.46. The Hall–Kier alpha value is -2.25. The lowest BCUT2D eigenvalue weighted by Gasteiger charge is -2.36. The SMILES string of the molecule is O=C(OC=Cc1ccccc1)C(F)(F)C1C(F)=C(F)C1(F)F. The topological polar surface area (TPSA) is 26.3 Å². The van der Waals surface area contributed by atoms with E-state index in [4.69, 9.17) is 0 Å². The van der Waals surface area contributed by atoms with Gasteiger partial charge >= 0.3 is 17.8 Å². The van der Waals surface area contributed by atoms with Crippen molar-refractivity contribution in [2.24, 2.45) is 5.92 Å². The zero-order valence-electron chi connectivity index (χ0n) is 10.7. The van der Waals surface area contributed by atoms with Crippen LogP contribution in [0.25, 0.3) is 6.08 Å². The van der Waals surface area contributed by atoms with Crippen LogP contribution in [0.4, 0.5) is 26.3 Å². The van der Waals surface area contributed by atoms with Crippen molar-refractivity contribution in [2.45, 2.75) is 11.8 Å². The summed E-state index contributed by atoms with van der Waals surface area (Å²) in [5.41, 5.74) is 0.490. The van der Waals surface area contributed by atoms with Gasteiger partial charge in [-0.05, 0) is 11.6 Å². The van der Waals surface area contributed by atoms with Gasteiger partial charge in [0.05, 0.1) is 6.26 Å². The molecule has 0 aliphatic heterocycles. The molecule has 0 aromatic heterocycles. The van der Waals surface area contributed by atoms with Gasteiger partial charge in [-0.1, -0.05) is 30.3 Å². The van der Waals surface area contributed by atoms with Gasteiger partial charge in [-0.3, -0.25) is 0 Å². The second-order valence-electron chi connectivity index (χ2n) is 4.46. The largest absolute Gasteiger partial charge is 0.430 e. The van der Waals surface area contributed by atoms with E-state index < -0.39 is 35.4 Å². The molecule has 2 rings (SSSR count). The van der Waals surface area contributed by atoms with Gasteiger partial charge in [0.1, 0.15) is 0 Å². The first-order chi connectivity index (χ1) is 10.2. The number of alkyl halides is 4. The zero-order valence-corrected chi connectivity index (χ0v) is 10.7. The Morgan fingerprint density at radius 1 is 1.18 bits per heavy atom. The van der Waals surface area contributed by atoms with Crippen LogP contribution < -0.4 is 0 Å².